The molecule has 2 aromatic rings. The van der Waals surface area contributed by atoms with Crippen LogP contribution in [-0.4, -0.2) is 56.9 Å². The van der Waals surface area contributed by atoms with Gasteiger partial charge in [0.15, 0.2) is 0 Å². The van der Waals surface area contributed by atoms with Crippen LogP contribution in [0.5, 0.6) is 0 Å². The Morgan fingerprint density at radius 1 is 0.594 bits per heavy atom. The van der Waals surface area contributed by atoms with Crippen molar-refractivity contribution < 1.29 is 16.1 Å². The second kappa shape index (κ2) is 15.5. The zero-order chi connectivity index (χ0) is 22.7. The summed E-state index contributed by atoms with van der Waals surface area (Å²) in [6.07, 6.45) is 8.05. The molecule has 0 amide bonds. The van der Waals surface area contributed by atoms with Crippen LogP contribution >= 0.6 is 0 Å². The van der Waals surface area contributed by atoms with Gasteiger partial charge >= 0.3 is 216 Å². The van der Waals surface area contributed by atoms with Crippen molar-refractivity contribution in [3.8, 4) is 0 Å². The Hall–Kier alpha value is -0.354. The van der Waals surface area contributed by atoms with E-state index in [0.29, 0.717) is 0 Å². The molecule has 0 fully saturated rings. The second-order valence-electron chi connectivity index (χ2n) is 9.40. The third-order valence-electron chi connectivity index (χ3n) is 5.95. The molecule has 0 spiro atoms. The molecule has 0 radical (unpaired) electrons. The van der Waals surface area contributed by atoms with E-state index in [0.717, 1.165) is 13.1 Å². The van der Waals surface area contributed by atoms with E-state index in [2.05, 4.69) is 100 Å². The number of hydrogen-bond acceptors (Lipinski definition) is 2. The van der Waals surface area contributed by atoms with E-state index in [9.17, 15) is 0 Å². The first kappa shape index (κ1) is 29.7. The summed E-state index contributed by atoms with van der Waals surface area (Å²) in [4.78, 5) is 7.54. The van der Waals surface area contributed by atoms with Gasteiger partial charge in [-0.25, -0.2) is 0 Å². The summed E-state index contributed by atoms with van der Waals surface area (Å²) in [5, 5.41) is 0. The van der Waals surface area contributed by atoms with Gasteiger partial charge in [-0.05, 0) is 0 Å². The molecule has 2 rings (SSSR count). The first-order valence-corrected chi connectivity index (χ1v) is 17.0. The van der Waals surface area contributed by atoms with Crippen molar-refractivity contribution in [1.82, 2.24) is 9.80 Å². The average Bonchev–Trinajstić information content (AvgIpc) is 2.73. The zero-order valence-corrected chi connectivity index (χ0v) is 23.0. The summed E-state index contributed by atoms with van der Waals surface area (Å²) in [7, 11) is 8.83. The van der Waals surface area contributed by atoms with Crippen LogP contribution in [0.4, 0.5) is 0 Å². The second-order valence-corrected chi connectivity index (χ2v) is 17.9. The molecule has 2 nitrogen and oxygen atoms in total. The van der Waals surface area contributed by atoms with E-state index in [4.69, 9.17) is 0 Å². The Labute approximate surface area is 214 Å². The van der Waals surface area contributed by atoms with Gasteiger partial charge < -0.3 is 0 Å². The third-order valence-corrected chi connectivity index (χ3v) is 16.9. The first-order valence-electron chi connectivity index (χ1n) is 12.2. The van der Waals surface area contributed by atoms with E-state index >= 15 is 0 Å². The summed E-state index contributed by atoms with van der Waals surface area (Å²) >= 11 is -2.63. The van der Waals surface area contributed by atoms with Crippen LogP contribution in [0.3, 0.4) is 0 Å². The fraction of sp³-hybridized carbons (Fsp3) is 0.571. The van der Waals surface area contributed by atoms with Crippen LogP contribution in [0.15, 0.2) is 48.5 Å². The fourth-order valence-corrected chi connectivity index (χ4v) is 16.0. The standard InChI is InChI=1S/2C9H12N.2C5H11.Li.Mo.H/c2*1-10(2)8-9-6-4-3-5-7-9;2*1-3-5-4-2;;;/h2*3-6H,8H2,1-2H3;2*1,3-5H2,2H3;;;. The van der Waals surface area contributed by atoms with Crippen LogP contribution in [0.25, 0.3) is 0 Å². The molecule has 0 unspecified atom stereocenters. The van der Waals surface area contributed by atoms with E-state index in [1.807, 2.05) is 0 Å². The molecular formula is C28H47LiMoN2. The number of rotatable bonds is 14. The average molecular weight is 515 g/mol. The number of benzene rings is 2. The van der Waals surface area contributed by atoms with Crippen molar-refractivity contribution in [2.45, 2.75) is 75.1 Å². The van der Waals surface area contributed by atoms with Gasteiger partial charge in [0, 0.05) is 0 Å². The normalized spacial score (nSPS) is 12.2. The van der Waals surface area contributed by atoms with Gasteiger partial charge in [-0.15, -0.1) is 0 Å². The minimum atomic E-state index is -2.63. The number of nitrogens with zero attached hydrogens (tertiary/aromatic N) is 2. The fourth-order valence-electron chi connectivity index (χ4n) is 4.57. The summed E-state index contributed by atoms with van der Waals surface area (Å²) in [5.41, 5.74) is 3.14. The van der Waals surface area contributed by atoms with E-state index < -0.39 is 16.1 Å². The third kappa shape index (κ3) is 8.45. The Kier molecular flexibility index (Phi) is 14.4. The number of hydrogen-bond donors (Lipinski definition) is 0. The monoisotopic (exact) mass is 516 g/mol. The SMILES string of the molecule is CCCC[CH2][Mo]([CH2]CCCC)([c]1ccccc1CN(C)C)[c]1ccccc1CN(C)C.[LiH]. The molecule has 0 saturated heterocycles. The molecule has 0 aliphatic heterocycles. The summed E-state index contributed by atoms with van der Waals surface area (Å²) < 4.78 is 3.50. The van der Waals surface area contributed by atoms with E-state index in [1.54, 1.807) is 19.0 Å². The molecule has 0 heterocycles. The van der Waals surface area contributed by atoms with Gasteiger partial charge in [-0.2, -0.15) is 0 Å². The van der Waals surface area contributed by atoms with Gasteiger partial charge in [-0.1, -0.05) is 0 Å². The Morgan fingerprint density at radius 3 is 1.31 bits per heavy atom. The molecule has 0 aromatic heterocycles. The van der Waals surface area contributed by atoms with E-state index in [-0.39, 0.29) is 18.9 Å². The van der Waals surface area contributed by atoms with E-state index in [1.165, 1.54) is 48.1 Å². The van der Waals surface area contributed by atoms with Crippen molar-refractivity contribution >= 4 is 26.8 Å². The molecule has 0 saturated carbocycles. The van der Waals surface area contributed by atoms with Crippen molar-refractivity contribution in [3.05, 3.63) is 59.7 Å². The summed E-state index contributed by atoms with van der Waals surface area (Å²) in [6, 6.07) is 19.0. The van der Waals surface area contributed by atoms with Gasteiger partial charge in [-0.3, -0.25) is 0 Å². The molecule has 0 aliphatic rings. The first-order chi connectivity index (χ1) is 14.9. The van der Waals surface area contributed by atoms with Crippen LogP contribution in [-0.2, 0) is 29.1 Å². The topological polar surface area (TPSA) is 6.48 Å². The Morgan fingerprint density at radius 2 is 0.969 bits per heavy atom. The predicted octanol–water partition coefficient (Wildman–Crippen LogP) is 5.48. The molecule has 0 N–H and O–H groups in total. The maximum absolute atomic E-state index is 2.63. The van der Waals surface area contributed by atoms with Crippen molar-refractivity contribution in [3.63, 3.8) is 0 Å². The number of unbranched alkanes of at least 4 members (excludes halogenated alkanes) is 4. The minimum absolute atomic E-state index is 0. The quantitative estimate of drug-likeness (QED) is 0.243. The zero-order valence-electron chi connectivity index (χ0n) is 21.0. The summed E-state index contributed by atoms with van der Waals surface area (Å²) in [5.74, 6) is 0. The molecule has 176 valence electrons. The van der Waals surface area contributed by atoms with Crippen molar-refractivity contribution in [2.75, 3.05) is 28.2 Å². The van der Waals surface area contributed by atoms with Gasteiger partial charge in [0.05, 0.1) is 0 Å². The van der Waals surface area contributed by atoms with Crippen LogP contribution in [0, 0.1) is 0 Å². The Bertz CT molecular complexity index is 710. The van der Waals surface area contributed by atoms with Crippen molar-refractivity contribution in [2.24, 2.45) is 0 Å². The van der Waals surface area contributed by atoms with Gasteiger partial charge in [0.1, 0.15) is 0 Å². The molecule has 4 heteroatoms. The Balaban J connectivity index is 0.00000512. The van der Waals surface area contributed by atoms with Gasteiger partial charge in [0.25, 0.3) is 0 Å². The molecule has 2 aromatic carbocycles. The molecule has 0 atom stereocenters. The maximum atomic E-state index is 2.52. The van der Waals surface area contributed by atoms with Crippen LogP contribution in [0.2, 0.25) is 9.62 Å². The van der Waals surface area contributed by atoms with Crippen LogP contribution < -0.4 is 7.91 Å². The molecular weight excluding hydrogens is 467 g/mol. The molecule has 0 aliphatic carbocycles. The molecule has 0 bridgehead atoms. The summed E-state index contributed by atoms with van der Waals surface area (Å²) in [6.45, 7) is 6.76. The van der Waals surface area contributed by atoms with Crippen LogP contribution in [0.1, 0.15) is 63.5 Å². The molecule has 32 heavy (non-hydrogen) atoms. The van der Waals surface area contributed by atoms with Crippen molar-refractivity contribution in [1.29, 1.82) is 0 Å². The van der Waals surface area contributed by atoms with Gasteiger partial charge in [0.2, 0.25) is 0 Å². The predicted molar refractivity (Wildman–Crippen MR) is 143 cm³/mol.